The fourth-order valence-electron chi connectivity index (χ4n) is 3.11. The molecule has 0 saturated carbocycles. The molecule has 1 aromatic carbocycles. The molecule has 0 spiro atoms. The molecule has 0 bridgehead atoms. The summed E-state index contributed by atoms with van der Waals surface area (Å²) in [5, 5.41) is 10.5. The Morgan fingerprint density at radius 3 is 3.00 bits per heavy atom. The van der Waals surface area contributed by atoms with Gasteiger partial charge in [-0.05, 0) is 42.8 Å². The first kappa shape index (κ1) is 15.6. The van der Waals surface area contributed by atoms with Gasteiger partial charge in [0.2, 0.25) is 5.91 Å². The molecule has 7 heteroatoms. The molecule has 0 radical (unpaired) electrons. The second-order valence-electron chi connectivity index (χ2n) is 6.25. The quantitative estimate of drug-likeness (QED) is 0.747. The normalized spacial score (nSPS) is 17.0. The summed E-state index contributed by atoms with van der Waals surface area (Å²) < 4.78 is 2.94. The summed E-state index contributed by atoms with van der Waals surface area (Å²) in [6.45, 7) is 1.96. The Morgan fingerprint density at radius 1 is 1.28 bits per heavy atom. The second-order valence-corrected chi connectivity index (χ2v) is 6.25. The first-order valence-corrected chi connectivity index (χ1v) is 8.35. The van der Waals surface area contributed by atoms with Crippen LogP contribution in [-0.2, 0) is 11.3 Å². The Kier molecular flexibility index (Phi) is 4.07. The van der Waals surface area contributed by atoms with Crippen molar-refractivity contribution < 1.29 is 4.79 Å². The highest BCUT2D eigenvalue weighted by atomic mass is 16.2. The molecule has 1 atom stereocenters. The van der Waals surface area contributed by atoms with Crippen LogP contribution in [0.3, 0.4) is 0 Å². The van der Waals surface area contributed by atoms with Crippen LogP contribution in [0.1, 0.15) is 12.0 Å². The van der Waals surface area contributed by atoms with Gasteiger partial charge in [0.15, 0.2) is 5.65 Å². The molecule has 25 heavy (non-hydrogen) atoms. The smallest absolute Gasteiger partial charge is 0.326 e. The number of benzene rings is 1. The fourth-order valence-corrected chi connectivity index (χ4v) is 3.11. The fraction of sp³-hybridized carbons (Fsp3) is 0.278. The number of fused-ring (bicyclic) bond motifs is 1. The molecule has 1 fully saturated rings. The van der Waals surface area contributed by atoms with Gasteiger partial charge in [0, 0.05) is 18.4 Å². The third-order valence-corrected chi connectivity index (χ3v) is 4.45. The molecule has 1 saturated heterocycles. The van der Waals surface area contributed by atoms with Crippen LogP contribution in [0.5, 0.6) is 0 Å². The lowest BCUT2D eigenvalue weighted by atomic mass is 10.1. The lowest BCUT2D eigenvalue weighted by Crippen LogP contribution is -2.24. The van der Waals surface area contributed by atoms with Crippen LogP contribution in [-0.4, -0.2) is 33.2 Å². The first-order chi connectivity index (χ1) is 12.2. The monoisotopic (exact) mass is 337 g/mol. The van der Waals surface area contributed by atoms with E-state index in [0.29, 0.717) is 12.2 Å². The van der Waals surface area contributed by atoms with Crippen LogP contribution in [0.2, 0.25) is 0 Å². The third-order valence-electron chi connectivity index (χ3n) is 4.45. The molecule has 0 aliphatic carbocycles. The average molecular weight is 337 g/mol. The zero-order valence-electron chi connectivity index (χ0n) is 13.7. The Hall–Kier alpha value is -2.93. The van der Waals surface area contributed by atoms with Gasteiger partial charge in [-0.1, -0.05) is 18.2 Å². The van der Waals surface area contributed by atoms with Crippen molar-refractivity contribution in [3.8, 4) is 0 Å². The molecule has 1 unspecified atom stereocenters. The highest BCUT2D eigenvalue weighted by molar-refractivity contribution is 5.92. The maximum Gasteiger partial charge on any atom is 0.350 e. The van der Waals surface area contributed by atoms with E-state index in [1.807, 2.05) is 30.3 Å². The van der Waals surface area contributed by atoms with E-state index in [4.69, 9.17) is 0 Å². The van der Waals surface area contributed by atoms with Crippen molar-refractivity contribution in [1.29, 1.82) is 0 Å². The van der Waals surface area contributed by atoms with Crippen molar-refractivity contribution in [3.05, 3.63) is 64.7 Å². The summed E-state index contributed by atoms with van der Waals surface area (Å²) in [5.41, 5.74) is 2.09. The number of hydrogen-bond acceptors (Lipinski definition) is 4. The average Bonchev–Trinajstić information content (AvgIpc) is 3.25. The standard InChI is InChI=1S/C18H19N5O2/c24-17(14-7-8-19-11-14)20-15-5-3-4-13(10-15)12-23-18(25)22-9-2-1-6-16(22)21-23/h1-6,9-10,14,19H,7-8,11-12H2,(H,20,24). The summed E-state index contributed by atoms with van der Waals surface area (Å²) in [7, 11) is 0. The van der Waals surface area contributed by atoms with E-state index in [2.05, 4.69) is 15.7 Å². The van der Waals surface area contributed by atoms with Crippen LogP contribution in [0.15, 0.2) is 53.5 Å². The van der Waals surface area contributed by atoms with Crippen LogP contribution in [0.4, 0.5) is 5.69 Å². The van der Waals surface area contributed by atoms with Crippen molar-refractivity contribution in [2.45, 2.75) is 13.0 Å². The van der Waals surface area contributed by atoms with Crippen LogP contribution in [0.25, 0.3) is 5.65 Å². The second kappa shape index (κ2) is 6.52. The van der Waals surface area contributed by atoms with Gasteiger partial charge < -0.3 is 10.6 Å². The minimum Gasteiger partial charge on any atom is -0.326 e. The van der Waals surface area contributed by atoms with E-state index >= 15 is 0 Å². The van der Waals surface area contributed by atoms with Gasteiger partial charge in [-0.25, -0.2) is 9.48 Å². The van der Waals surface area contributed by atoms with Gasteiger partial charge in [-0.15, -0.1) is 5.10 Å². The van der Waals surface area contributed by atoms with Crippen molar-refractivity contribution in [2.24, 2.45) is 5.92 Å². The maximum absolute atomic E-state index is 12.4. The molecule has 2 aromatic heterocycles. The van der Waals surface area contributed by atoms with E-state index in [0.717, 1.165) is 30.8 Å². The van der Waals surface area contributed by atoms with Gasteiger partial charge in [0.1, 0.15) is 0 Å². The first-order valence-electron chi connectivity index (χ1n) is 8.35. The molecular weight excluding hydrogens is 318 g/mol. The molecule has 3 heterocycles. The summed E-state index contributed by atoms with van der Waals surface area (Å²) in [6.07, 6.45) is 2.57. The van der Waals surface area contributed by atoms with Crippen molar-refractivity contribution >= 4 is 17.2 Å². The van der Waals surface area contributed by atoms with Crippen molar-refractivity contribution in [2.75, 3.05) is 18.4 Å². The van der Waals surface area contributed by atoms with Crippen LogP contribution < -0.4 is 16.3 Å². The van der Waals surface area contributed by atoms with Crippen LogP contribution >= 0.6 is 0 Å². The van der Waals surface area contributed by atoms with E-state index < -0.39 is 0 Å². The molecule has 128 valence electrons. The summed E-state index contributed by atoms with van der Waals surface area (Å²) in [5.74, 6) is 0.0526. The number of pyridine rings is 1. The molecule has 1 aliphatic rings. The predicted molar refractivity (Wildman–Crippen MR) is 94.6 cm³/mol. The molecule has 1 aliphatic heterocycles. The number of hydrogen-bond donors (Lipinski definition) is 2. The Labute approximate surface area is 144 Å². The number of carbonyl (C=O) groups excluding carboxylic acids is 1. The highest BCUT2D eigenvalue weighted by Gasteiger charge is 2.22. The predicted octanol–water partition coefficient (Wildman–Crippen LogP) is 1.09. The van der Waals surface area contributed by atoms with Gasteiger partial charge >= 0.3 is 5.69 Å². The van der Waals surface area contributed by atoms with Crippen molar-refractivity contribution in [3.63, 3.8) is 0 Å². The summed E-state index contributed by atoms with van der Waals surface area (Å²) in [4.78, 5) is 24.6. The zero-order valence-corrected chi connectivity index (χ0v) is 13.7. The van der Waals surface area contributed by atoms with Gasteiger partial charge in [-0.3, -0.25) is 9.20 Å². The number of carbonyl (C=O) groups is 1. The summed E-state index contributed by atoms with van der Waals surface area (Å²) in [6, 6.07) is 13.0. The van der Waals surface area contributed by atoms with E-state index in [1.165, 1.54) is 9.08 Å². The SMILES string of the molecule is O=C(Nc1cccc(Cn2nc3ccccn3c2=O)c1)C1CCNC1. The molecule has 1 amide bonds. The molecule has 7 nitrogen and oxygen atoms in total. The topological polar surface area (TPSA) is 80.4 Å². The maximum atomic E-state index is 12.4. The van der Waals surface area contributed by atoms with Gasteiger partial charge in [0.05, 0.1) is 12.5 Å². The van der Waals surface area contributed by atoms with Crippen LogP contribution in [0, 0.1) is 5.92 Å². The van der Waals surface area contributed by atoms with Gasteiger partial charge in [0.25, 0.3) is 0 Å². The van der Waals surface area contributed by atoms with E-state index in [1.54, 1.807) is 18.3 Å². The number of nitrogens with zero attached hydrogens (tertiary/aromatic N) is 3. The Balaban J connectivity index is 1.53. The third kappa shape index (κ3) is 3.18. The largest absolute Gasteiger partial charge is 0.350 e. The number of nitrogens with one attached hydrogen (secondary N) is 2. The van der Waals surface area contributed by atoms with E-state index in [9.17, 15) is 9.59 Å². The Bertz CT molecular complexity index is 969. The lowest BCUT2D eigenvalue weighted by Gasteiger charge is -2.11. The number of aromatic nitrogens is 3. The molecule has 2 N–H and O–H groups in total. The Morgan fingerprint density at radius 2 is 2.20 bits per heavy atom. The number of rotatable bonds is 4. The highest BCUT2D eigenvalue weighted by Crippen LogP contribution is 2.15. The molecule has 4 rings (SSSR count). The van der Waals surface area contributed by atoms with Gasteiger partial charge in [-0.2, -0.15) is 0 Å². The number of anilines is 1. The molecular formula is C18H19N5O2. The van der Waals surface area contributed by atoms with E-state index in [-0.39, 0.29) is 17.5 Å². The summed E-state index contributed by atoms with van der Waals surface area (Å²) >= 11 is 0. The minimum absolute atomic E-state index is 0.0183. The number of amides is 1. The minimum atomic E-state index is -0.179. The lowest BCUT2D eigenvalue weighted by molar-refractivity contribution is -0.119. The molecule has 3 aromatic rings. The zero-order chi connectivity index (χ0) is 17.2. The van der Waals surface area contributed by atoms with Crippen molar-refractivity contribution in [1.82, 2.24) is 19.5 Å².